The van der Waals surface area contributed by atoms with Crippen LogP contribution in [0.25, 0.3) is 5.65 Å². The molecule has 3 heterocycles. The highest BCUT2D eigenvalue weighted by Crippen LogP contribution is 2.19. The van der Waals surface area contributed by atoms with Crippen LogP contribution in [0.3, 0.4) is 0 Å². The minimum absolute atomic E-state index is 0.207. The third-order valence-corrected chi connectivity index (χ3v) is 5.17. The van der Waals surface area contributed by atoms with Gasteiger partial charge in [-0.3, -0.25) is 13.8 Å². The van der Waals surface area contributed by atoms with Gasteiger partial charge < -0.3 is 0 Å². The van der Waals surface area contributed by atoms with Crippen molar-refractivity contribution in [2.45, 2.75) is 17.5 Å². The molecule has 1 N–H and O–H groups in total. The number of nitrogens with one attached hydrogen (secondary N) is 1. The molecule has 136 valence electrons. The number of pyridine rings is 1. The second-order valence-corrected chi connectivity index (χ2v) is 7.21. The van der Waals surface area contributed by atoms with E-state index in [1.165, 1.54) is 28.4 Å². The third kappa shape index (κ3) is 3.81. The number of hydrogen-bond donors (Lipinski definition) is 1. The summed E-state index contributed by atoms with van der Waals surface area (Å²) in [5.41, 5.74) is 1.64. The summed E-state index contributed by atoms with van der Waals surface area (Å²) >= 11 is 7.27. The fourth-order valence-electron chi connectivity index (χ4n) is 2.66. The quantitative estimate of drug-likeness (QED) is 0.521. The molecular weight excluding hydrogens is 386 g/mol. The summed E-state index contributed by atoms with van der Waals surface area (Å²) in [6.07, 6.45) is 1.54. The van der Waals surface area contributed by atoms with Crippen molar-refractivity contribution in [3.63, 3.8) is 0 Å². The molecule has 0 saturated carbocycles. The number of benzene rings is 1. The van der Waals surface area contributed by atoms with Crippen molar-refractivity contribution in [2.24, 2.45) is 0 Å². The van der Waals surface area contributed by atoms with E-state index >= 15 is 0 Å². The molecule has 0 bridgehead atoms. The predicted molar refractivity (Wildman–Crippen MR) is 104 cm³/mol. The van der Waals surface area contributed by atoms with Gasteiger partial charge in [0.1, 0.15) is 5.65 Å². The number of hydrogen-bond acceptors (Lipinski definition) is 5. The zero-order chi connectivity index (χ0) is 18.8. The second-order valence-electron chi connectivity index (χ2n) is 5.83. The number of H-pyrrole nitrogens is 1. The van der Waals surface area contributed by atoms with E-state index in [1.807, 2.05) is 30.3 Å². The molecule has 0 saturated heterocycles. The number of halogens is 1. The van der Waals surface area contributed by atoms with Crippen molar-refractivity contribution in [1.82, 2.24) is 24.1 Å². The average Bonchev–Trinajstić information content (AvgIpc) is 3.01. The summed E-state index contributed by atoms with van der Waals surface area (Å²) in [4.78, 5) is 28.8. The first-order chi connectivity index (χ1) is 13.1. The van der Waals surface area contributed by atoms with Gasteiger partial charge in [0, 0.05) is 18.0 Å². The summed E-state index contributed by atoms with van der Waals surface area (Å²) in [6, 6.07) is 14.5. The largest absolute Gasteiger partial charge is 0.344 e. The Balaban J connectivity index is 1.58. The molecule has 9 heteroatoms. The minimum Gasteiger partial charge on any atom is -0.269 e. The number of thioether (sulfide) groups is 1. The summed E-state index contributed by atoms with van der Waals surface area (Å²) in [7, 11) is 0. The molecule has 0 fully saturated rings. The molecule has 3 aromatic heterocycles. The maximum absolute atomic E-state index is 12.3. The Labute approximate surface area is 162 Å². The van der Waals surface area contributed by atoms with Crippen LogP contribution in [0.1, 0.15) is 11.3 Å². The van der Waals surface area contributed by atoms with Gasteiger partial charge in [0.05, 0.1) is 17.3 Å². The molecule has 0 amide bonds. The van der Waals surface area contributed by atoms with Gasteiger partial charge in [0.2, 0.25) is 0 Å². The Morgan fingerprint density at radius 1 is 1.11 bits per heavy atom. The van der Waals surface area contributed by atoms with Crippen LogP contribution in [0.4, 0.5) is 0 Å². The molecular formula is C18H14ClN5O2S. The number of aromatic amines is 1. The zero-order valence-corrected chi connectivity index (χ0v) is 15.6. The molecule has 7 nitrogen and oxygen atoms in total. The lowest BCUT2D eigenvalue weighted by atomic mass is 10.2. The molecule has 0 aliphatic heterocycles. The molecule has 4 aromatic rings. The van der Waals surface area contributed by atoms with E-state index in [0.717, 1.165) is 5.56 Å². The highest BCUT2D eigenvalue weighted by atomic mass is 35.5. The molecule has 0 unspecified atom stereocenters. The number of fused-ring (bicyclic) bond motifs is 1. The van der Waals surface area contributed by atoms with Crippen LogP contribution < -0.4 is 11.2 Å². The van der Waals surface area contributed by atoms with E-state index in [0.29, 0.717) is 33.8 Å². The lowest BCUT2D eigenvalue weighted by Gasteiger charge is -2.06. The van der Waals surface area contributed by atoms with Crippen molar-refractivity contribution in [1.29, 1.82) is 0 Å². The van der Waals surface area contributed by atoms with Crippen molar-refractivity contribution < 1.29 is 0 Å². The normalized spacial score (nSPS) is 11.1. The van der Waals surface area contributed by atoms with Crippen LogP contribution in [0.2, 0.25) is 5.02 Å². The van der Waals surface area contributed by atoms with Gasteiger partial charge >= 0.3 is 5.69 Å². The molecule has 0 aliphatic carbocycles. The molecule has 0 radical (unpaired) electrons. The topological polar surface area (TPSA) is 85.1 Å². The van der Waals surface area contributed by atoms with Gasteiger partial charge in [0.25, 0.3) is 5.56 Å². The summed E-state index contributed by atoms with van der Waals surface area (Å²) in [5.74, 6) is 0.410. The maximum atomic E-state index is 12.3. The van der Waals surface area contributed by atoms with E-state index in [9.17, 15) is 9.59 Å². The first-order valence-electron chi connectivity index (χ1n) is 8.10. The first-order valence-corrected chi connectivity index (χ1v) is 9.46. The van der Waals surface area contributed by atoms with Crippen LogP contribution in [0.5, 0.6) is 0 Å². The van der Waals surface area contributed by atoms with Gasteiger partial charge in [0.15, 0.2) is 5.16 Å². The highest BCUT2D eigenvalue weighted by Gasteiger charge is 2.11. The van der Waals surface area contributed by atoms with E-state index < -0.39 is 0 Å². The molecule has 0 spiro atoms. The SMILES string of the molecule is O=c1[nH]nc(SCc2cc(=O)n3cc(Cl)ccc3n2)n1Cc1ccccc1. The van der Waals surface area contributed by atoms with E-state index in [2.05, 4.69) is 15.2 Å². The summed E-state index contributed by atoms with van der Waals surface area (Å²) < 4.78 is 2.96. The smallest absolute Gasteiger partial charge is 0.269 e. The van der Waals surface area contributed by atoms with E-state index in [1.54, 1.807) is 16.7 Å². The Morgan fingerprint density at radius 2 is 1.93 bits per heavy atom. The summed E-state index contributed by atoms with van der Waals surface area (Å²) in [5, 5.41) is 7.57. The molecule has 4 rings (SSSR count). The van der Waals surface area contributed by atoms with Crippen LogP contribution in [0.15, 0.2) is 69.5 Å². The lowest BCUT2D eigenvalue weighted by Crippen LogP contribution is -2.18. The maximum Gasteiger partial charge on any atom is 0.344 e. The van der Waals surface area contributed by atoms with E-state index in [4.69, 9.17) is 11.6 Å². The van der Waals surface area contributed by atoms with Crippen molar-refractivity contribution in [2.75, 3.05) is 0 Å². The highest BCUT2D eigenvalue weighted by molar-refractivity contribution is 7.98. The van der Waals surface area contributed by atoms with Crippen LogP contribution in [-0.2, 0) is 12.3 Å². The minimum atomic E-state index is -0.275. The Morgan fingerprint density at radius 3 is 2.74 bits per heavy atom. The number of nitrogens with zero attached hydrogens (tertiary/aromatic N) is 4. The van der Waals surface area contributed by atoms with Gasteiger partial charge in [-0.05, 0) is 17.7 Å². The zero-order valence-electron chi connectivity index (χ0n) is 14.0. The van der Waals surface area contributed by atoms with Gasteiger partial charge in [-0.15, -0.1) is 5.10 Å². The second kappa shape index (κ2) is 7.42. The van der Waals surface area contributed by atoms with Crippen molar-refractivity contribution >= 4 is 29.0 Å². The Kier molecular flexibility index (Phi) is 4.83. The molecule has 1 aromatic carbocycles. The fourth-order valence-corrected chi connectivity index (χ4v) is 3.66. The number of rotatable bonds is 5. The molecule has 27 heavy (non-hydrogen) atoms. The average molecular weight is 400 g/mol. The van der Waals surface area contributed by atoms with Crippen LogP contribution >= 0.6 is 23.4 Å². The third-order valence-electron chi connectivity index (χ3n) is 3.93. The molecule has 0 atom stereocenters. The van der Waals surface area contributed by atoms with Gasteiger partial charge in [-0.1, -0.05) is 53.7 Å². The standard InChI is InChI=1S/C18H14ClN5O2S/c19-13-6-7-15-20-14(8-16(25)23(15)10-13)11-27-18-22-21-17(26)24(18)9-12-4-2-1-3-5-12/h1-8,10H,9,11H2,(H,21,26). The van der Waals surface area contributed by atoms with Crippen molar-refractivity contribution in [3.05, 3.63) is 91.8 Å². The van der Waals surface area contributed by atoms with Gasteiger partial charge in [-0.2, -0.15) is 0 Å². The Bertz CT molecular complexity index is 1220. The first kappa shape index (κ1) is 17.6. The summed E-state index contributed by atoms with van der Waals surface area (Å²) in [6.45, 7) is 0.421. The van der Waals surface area contributed by atoms with E-state index in [-0.39, 0.29) is 11.2 Å². The Hall–Kier alpha value is -2.84. The monoisotopic (exact) mass is 399 g/mol. The fraction of sp³-hybridized carbons (Fsp3) is 0.111. The van der Waals surface area contributed by atoms with Gasteiger partial charge in [-0.25, -0.2) is 14.9 Å². The predicted octanol–water partition coefficient (Wildman–Crippen LogP) is 2.57. The number of aromatic nitrogens is 5. The molecule has 0 aliphatic rings. The van der Waals surface area contributed by atoms with Crippen LogP contribution in [0, 0.1) is 0 Å². The van der Waals surface area contributed by atoms with Crippen LogP contribution in [-0.4, -0.2) is 24.1 Å². The lowest BCUT2D eigenvalue weighted by molar-refractivity contribution is 0.687. The van der Waals surface area contributed by atoms with Crippen molar-refractivity contribution in [3.8, 4) is 0 Å².